The van der Waals surface area contributed by atoms with Crippen LogP contribution in [0.4, 0.5) is 5.69 Å². The van der Waals surface area contributed by atoms with Crippen molar-refractivity contribution in [3.05, 3.63) is 18.2 Å². The molecule has 1 aromatic heterocycles. The summed E-state index contributed by atoms with van der Waals surface area (Å²) < 4.78 is 0. The fraction of sp³-hybridized carbons (Fsp3) is 0.500. The molecule has 0 bridgehead atoms. The van der Waals surface area contributed by atoms with Gasteiger partial charge in [0.1, 0.15) is 0 Å². The van der Waals surface area contributed by atoms with Crippen LogP contribution >= 0.6 is 11.8 Å². The highest BCUT2D eigenvalue weighted by Gasteiger charge is 2.15. The number of thioether (sulfide) groups is 1. The number of piperazine rings is 1. The van der Waals surface area contributed by atoms with E-state index in [2.05, 4.69) is 20.2 Å². The van der Waals surface area contributed by atoms with Crippen LogP contribution in [-0.2, 0) is 0 Å². The zero-order valence-corrected chi connectivity index (χ0v) is 12.7. The number of anilines is 1. The Morgan fingerprint density at radius 1 is 1.38 bits per heavy atom. The van der Waals surface area contributed by atoms with Crippen molar-refractivity contribution in [1.82, 2.24) is 20.2 Å². The quantitative estimate of drug-likeness (QED) is 0.475. The van der Waals surface area contributed by atoms with Crippen LogP contribution in [0.15, 0.2) is 23.4 Å². The van der Waals surface area contributed by atoms with Gasteiger partial charge in [-0.2, -0.15) is 0 Å². The number of imidazole rings is 1. The number of rotatable bonds is 5. The van der Waals surface area contributed by atoms with Gasteiger partial charge in [0.2, 0.25) is 0 Å². The second-order valence-electron chi connectivity index (χ2n) is 5.33. The van der Waals surface area contributed by atoms with E-state index < -0.39 is 0 Å². The Bertz CT molecular complexity index is 596. The smallest absolute Gasteiger partial charge is 0.166 e. The van der Waals surface area contributed by atoms with Gasteiger partial charge in [-0.25, -0.2) is 4.98 Å². The lowest BCUT2D eigenvalue weighted by molar-refractivity contribution is 0.121. The summed E-state index contributed by atoms with van der Waals surface area (Å²) in [6.07, 6.45) is -0.341. The van der Waals surface area contributed by atoms with Crippen LogP contribution in [0.3, 0.4) is 0 Å². The maximum atomic E-state index is 10.1. The van der Waals surface area contributed by atoms with Gasteiger partial charge >= 0.3 is 0 Å². The van der Waals surface area contributed by atoms with E-state index in [1.165, 1.54) is 0 Å². The van der Waals surface area contributed by atoms with Crippen LogP contribution in [-0.4, -0.2) is 64.6 Å². The highest BCUT2D eigenvalue weighted by atomic mass is 32.2. The number of fused-ring (bicyclic) bond motifs is 1. The predicted molar refractivity (Wildman–Crippen MR) is 86.5 cm³/mol. The number of aromatic nitrogens is 2. The normalized spacial score (nSPS) is 18.1. The van der Waals surface area contributed by atoms with Gasteiger partial charge in [-0.3, -0.25) is 4.90 Å². The van der Waals surface area contributed by atoms with E-state index in [0.29, 0.717) is 5.75 Å². The van der Waals surface area contributed by atoms with E-state index >= 15 is 0 Å². The molecule has 1 atom stereocenters. The first-order valence-electron chi connectivity index (χ1n) is 7.20. The van der Waals surface area contributed by atoms with Gasteiger partial charge in [-0.05, 0) is 18.2 Å². The number of aromatic amines is 1. The number of aliphatic hydroxyl groups excluding tert-OH is 1. The summed E-state index contributed by atoms with van der Waals surface area (Å²) in [5, 5.41) is 14.3. The molecule has 1 aromatic carbocycles. The van der Waals surface area contributed by atoms with Crippen molar-refractivity contribution in [2.24, 2.45) is 0 Å². The molecule has 6 nitrogen and oxygen atoms in total. The maximum absolute atomic E-state index is 10.1. The third-order valence-electron chi connectivity index (χ3n) is 3.58. The molecule has 1 aliphatic rings. The molecular formula is C14H21N5OS. The van der Waals surface area contributed by atoms with Crippen molar-refractivity contribution in [3.63, 3.8) is 0 Å². The molecule has 0 spiro atoms. The molecule has 2 heterocycles. The van der Waals surface area contributed by atoms with Gasteiger partial charge in [0.25, 0.3) is 0 Å². The van der Waals surface area contributed by atoms with E-state index in [-0.39, 0.29) is 6.10 Å². The molecule has 21 heavy (non-hydrogen) atoms. The van der Waals surface area contributed by atoms with E-state index in [9.17, 15) is 5.11 Å². The van der Waals surface area contributed by atoms with Gasteiger partial charge in [0, 0.05) is 44.2 Å². The summed E-state index contributed by atoms with van der Waals surface area (Å²) in [6, 6.07) is 5.63. The molecule has 1 saturated heterocycles. The molecule has 3 rings (SSSR count). The maximum Gasteiger partial charge on any atom is 0.166 e. The van der Waals surface area contributed by atoms with Crippen LogP contribution in [0.1, 0.15) is 0 Å². The third kappa shape index (κ3) is 3.88. The average molecular weight is 307 g/mol. The number of hydrogen-bond acceptors (Lipinski definition) is 6. The first-order chi connectivity index (χ1) is 10.2. The molecule has 1 aliphatic heterocycles. The molecule has 2 aromatic rings. The Morgan fingerprint density at radius 2 is 2.19 bits per heavy atom. The van der Waals surface area contributed by atoms with E-state index in [1.807, 2.05) is 18.2 Å². The van der Waals surface area contributed by atoms with Crippen LogP contribution in [0, 0.1) is 0 Å². The van der Waals surface area contributed by atoms with E-state index in [1.54, 1.807) is 11.8 Å². The van der Waals surface area contributed by atoms with Crippen molar-refractivity contribution >= 4 is 28.5 Å². The summed E-state index contributed by atoms with van der Waals surface area (Å²) in [5.74, 6) is 0.638. The first kappa shape index (κ1) is 14.6. The number of β-amino-alcohol motifs (C(OH)–C–C–N with tert-alkyl or cyclic N) is 1. The predicted octanol–water partition coefficient (Wildman–Crippen LogP) is 0.503. The average Bonchev–Trinajstić information content (AvgIpc) is 2.88. The number of aliphatic hydroxyl groups is 1. The molecule has 7 heteroatoms. The van der Waals surface area contributed by atoms with E-state index in [0.717, 1.165) is 54.6 Å². The van der Waals surface area contributed by atoms with E-state index in [4.69, 9.17) is 5.73 Å². The zero-order valence-electron chi connectivity index (χ0n) is 11.9. The topological polar surface area (TPSA) is 90.2 Å². The highest BCUT2D eigenvalue weighted by Crippen LogP contribution is 2.21. The molecule has 5 N–H and O–H groups in total. The Morgan fingerprint density at radius 3 is 3.00 bits per heavy atom. The van der Waals surface area contributed by atoms with Crippen LogP contribution < -0.4 is 11.1 Å². The number of nitrogen functional groups attached to an aromatic ring is 1. The number of nitrogens with two attached hydrogens (primary N) is 1. The lowest BCUT2D eigenvalue weighted by atomic mass is 10.3. The van der Waals surface area contributed by atoms with Gasteiger partial charge in [0.15, 0.2) is 5.16 Å². The molecule has 0 saturated carbocycles. The van der Waals surface area contributed by atoms with Gasteiger partial charge in [-0.1, -0.05) is 11.8 Å². The standard InChI is InChI=1S/C14H21N5OS/c15-10-1-2-12-13(7-10)18-14(17-12)21-9-11(20)8-19-5-3-16-4-6-19/h1-2,7,11,16,20H,3-6,8-9,15H2,(H,17,18). The van der Waals surface area contributed by atoms with Gasteiger partial charge in [0.05, 0.1) is 17.1 Å². The number of nitrogens with zero attached hydrogens (tertiary/aromatic N) is 2. The first-order valence-corrected chi connectivity index (χ1v) is 8.18. The highest BCUT2D eigenvalue weighted by molar-refractivity contribution is 7.99. The molecule has 1 fully saturated rings. The minimum Gasteiger partial charge on any atom is -0.399 e. The lowest BCUT2D eigenvalue weighted by Crippen LogP contribution is -2.46. The Balaban J connectivity index is 1.53. The second kappa shape index (κ2) is 6.65. The third-order valence-corrected chi connectivity index (χ3v) is 4.59. The van der Waals surface area contributed by atoms with Gasteiger partial charge < -0.3 is 21.1 Å². The summed E-state index contributed by atoms with van der Waals surface area (Å²) >= 11 is 1.55. The van der Waals surface area contributed by atoms with Crippen molar-refractivity contribution in [2.75, 3.05) is 44.2 Å². The summed E-state index contributed by atoms with van der Waals surface area (Å²) in [5.41, 5.74) is 8.32. The van der Waals surface area contributed by atoms with Crippen LogP contribution in [0.25, 0.3) is 11.0 Å². The zero-order chi connectivity index (χ0) is 14.7. The van der Waals surface area contributed by atoms with Gasteiger partial charge in [-0.15, -0.1) is 0 Å². The fourth-order valence-electron chi connectivity index (χ4n) is 2.49. The van der Waals surface area contributed by atoms with Crippen molar-refractivity contribution < 1.29 is 5.11 Å². The fourth-order valence-corrected chi connectivity index (χ4v) is 3.29. The number of H-pyrrole nitrogens is 1. The molecular weight excluding hydrogens is 286 g/mol. The minimum absolute atomic E-state index is 0.341. The van der Waals surface area contributed by atoms with Crippen molar-refractivity contribution in [2.45, 2.75) is 11.3 Å². The molecule has 114 valence electrons. The number of nitrogens with one attached hydrogen (secondary N) is 2. The molecule has 0 radical (unpaired) electrons. The monoisotopic (exact) mass is 307 g/mol. The second-order valence-corrected chi connectivity index (χ2v) is 6.34. The summed E-state index contributed by atoms with van der Waals surface area (Å²) in [4.78, 5) is 10.0. The Labute approximate surface area is 128 Å². The van der Waals surface area contributed by atoms with Crippen molar-refractivity contribution in [1.29, 1.82) is 0 Å². The number of hydrogen-bond donors (Lipinski definition) is 4. The molecule has 0 aliphatic carbocycles. The van der Waals surface area contributed by atoms with Crippen LogP contribution in [0.2, 0.25) is 0 Å². The van der Waals surface area contributed by atoms with Crippen LogP contribution in [0.5, 0.6) is 0 Å². The summed E-state index contributed by atoms with van der Waals surface area (Å²) in [6.45, 7) is 4.74. The number of benzene rings is 1. The Kier molecular flexibility index (Phi) is 4.64. The summed E-state index contributed by atoms with van der Waals surface area (Å²) in [7, 11) is 0. The minimum atomic E-state index is -0.341. The Hall–Kier alpha value is -1.28. The molecule has 1 unspecified atom stereocenters. The SMILES string of the molecule is Nc1ccc2nc(SCC(O)CN3CCNCC3)[nH]c2c1. The largest absolute Gasteiger partial charge is 0.399 e. The lowest BCUT2D eigenvalue weighted by Gasteiger charge is -2.28. The van der Waals surface area contributed by atoms with Crippen molar-refractivity contribution in [3.8, 4) is 0 Å². The molecule has 0 amide bonds.